The van der Waals surface area contributed by atoms with Crippen LogP contribution in [0, 0.1) is 5.41 Å². The van der Waals surface area contributed by atoms with Crippen LogP contribution in [-0.4, -0.2) is 36.3 Å². The van der Waals surface area contributed by atoms with Gasteiger partial charge in [0.25, 0.3) is 5.91 Å². The predicted molar refractivity (Wildman–Crippen MR) is 73.1 cm³/mol. The van der Waals surface area contributed by atoms with Gasteiger partial charge in [0.15, 0.2) is 5.76 Å². The molecule has 108 valence electrons. The van der Waals surface area contributed by atoms with Crippen LogP contribution in [0.25, 0.3) is 0 Å². The highest BCUT2D eigenvalue weighted by atomic mass is 16.3. The lowest BCUT2D eigenvalue weighted by atomic mass is 9.74. The number of likely N-dealkylation sites (tertiary alicyclic amines) is 1. The average Bonchev–Trinajstić information content (AvgIpc) is 3.10. The number of furan rings is 1. The van der Waals surface area contributed by atoms with Gasteiger partial charge in [-0.3, -0.25) is 9.59 Å². The SMILES string of the molecule is CN1C(=O)CC[C@]2(CNC(=O)c3ccco3)CCC[C@@H]12. The second kappa shape index (κ2) is 4.96. The van der Waals surface area contributed by atoms with E-state index in [1.54, 1.807) is 12.1 Å². The van der Waals surface area contributed by atoms with Crippen LogP contribution in [0.1, 0.15) is 42.7 Å². The van der Waals surface area contributed by atoms with Gasteiger partial charge in [-0.25, -0.2) is 0 Å². The number of hydrogen-bond donors (Lipinski definition) is 1. The van der Waals surface area contributed by atoms with Gasteiger partial charge in [0.1, 0.15) is 0 Å². The molecule has 1 aromatic heterocycles. The zero-order chi connectivity index (χ0) is 14.2. The van der Waals surface area contributed by atoms with Crippen molar-refractivity contribution in [1.82, 2.24) is 10.2 Å². The third kappa shape index (κ3) is 2.11. The lowest BCUT2D eigenvalue weighted by Crippen LogP contribution is -2.54. The highest BCUT2D eigenvalue weighted by Gasteiger charge is 2.49. The van der Waals surface area contributed by atoms with E-state index in [1.165, 1.54) is 6.26 Å². The van der Waals surface area contributed by atoms with Crippen LogP contribution >= 0.6 is 0 Å². The summed E-state index contributed by atoms with van der Waals surface area (Å²) in [4.78, 5) is 25.7. The minimum atomic E-state index is -0.172. The number of hydrogen-bond acceptors (Lipinski definition) is 3. The smallest absolute Gasteiger partial charge is 0.286 e. The number of nitrogens with one attached hydrogen (secondary N) is 1. The number of piperidine rings is 1. The normalized spacial score (nSPS) is 29.4. The van der Waals surface area contributed by atoms with E-state index in [4.69, 9.17) is 4.42 Å². The summed E-state index contributed by atoms with van der Waals surface area (Å²) in [7, 11) is 1.89. The summed E-state index contributed by atoms with van der Waals surface area (Å²) in [6.07, 6.45) is 6.20. The van der Waals surface area contributed by atoms with Crippen LogP contribution in [0.5, 0.6) is 0 Å². The van der Waals surface area contributed by atoms with Gasteiger partial charge in [-0.2, -0.15) is 0 Å². The molecule has 1 saturated carbocycles. The maximum absolute atomic E-state index is 12.0. The molecule has 3 rings (SSSR count). The van der Waals surface area contributed by atoms with Crippen molar-refractivity contribution in [3.05, 3.63) is 24.2 Å². The Bertz CT molecular complexity index is 511. The van der Waals surface area contributed by atoms with Gasteiger partial charge in [0, 0.05) is 31.5 Å². The first-order chi connectivity index (χ1) is 9.62. The van der Waals surface area contributed by atoms with E-state index in [9.17, 15) is 9.59 Å². The van der Waals surface area contributed by atoms with Gasteiger partial charge in [-0.05, 0) is 31.4 Å². The molecule has 0 spiro atoms. The first-order valence-corrected chi connectivity index (χ1v) is 7.20. The summed E-state index contributed by atoms with van der Waals surface area (Å²) in [6, 6.07) is 3.63. The average molecular weight is 276 g/mol. The molecule has 20 heavy (non-hydrogen) atoms. The topological polar surface area (TPSA) is 62.6 Å². The van der Waals surface area contributed by atoms with Gasteiger partial charge in [-0.15, -0.1) is 0 Å². The molecule has 2 amide bonds. The molecule has 5 nitrogen and oxygen atoms in total. The third-order valence-electron chi connectivity index (χ3n) is 4.90. The van der Waals surface area contributed by atoms with Crippen LogP contribution in [0.15, 0.2) is 22.8 Å². The van der Waals surface area contributed by atoms with Gasteiger partial charge < -0.3 is 14.6 Å². The van der Waals surface area contributed by atoms with E-state index >= 15 is 0 Å². The lowest BCUT2D eigenvalue weighted by Gasteiger charge is -2.44. The Morgan fingerprint density at radius 1 is 1.55 bits per heavy atom. The fourth-order valence-electron chi connectivity index (χ4n) is 3.77. The molecule has 2 fully saturated rings. The zero-order valence-corrected chi connectivity index (χ0v) is 11.7. The summed E-state index contributed by atoms with van der Waals surface area (Å²) in [5, 5.41) is 2.98. The minimum Gasteiger partial charge on any atom is -0.459 e. The maximum atomic E-state index is 12.0. The number of carbonyl (C=O) groups is 2. The van der Waals surface area contributed by atoms with Crippen molar-refractivity contribution in [3.63, 3.8) is 0 Å². The summed E-state index contributed by atoms with van der Waals surface area (Å²) in [5.74, 6) is 0.399. The van der Waals surface area contributed by atoms with E-state index < -0.39 is 0 Å². The molecule has 0 radical (unpaired) electrons. The summed E-state index contributed by atoms with van der Waals surface area (Å²) in [5.41, 5.74) is 0.0465. The Morgan fingerprint density at radius 2 is 2.40 bits per heavy atom. The van der Waals surface area contributed by atoms with Crippen molar-refractivity contribution >= 4 is 11.8 Å². The molecule has 0 unspecified atom stereocenters. The monoisotopic (exact) mass is 276 g/mol. The summed E-state index contributed by atoms with van der Waals surface area (Å²) >= 11 is 0. The maximum Gasteiger partial charge on any atom is 0.286 e. The fraction of sp³-hybridized carbons (Fsp3) is 0.600. The van der Waals surface area contributed by atoms with Crippen LogP contribution in [0.4, 0.5) is 0 Å². The largest absolute Gasteiger partial charge is 0.459 e. The Hall–Kier alpha value is -1.78. The molecular formula is C15H20N2O3. The van der Waals surface area contributed by atoms with Crippen molar-refractivity contribution in [1.29, 1.82) is 0 Å². The standard InChI is InChI=1S/C15H20N2O3/c1-17-12-5-2-7-15(12,8-6-13(17)18)10-16-14(19)11-4-3-9-20-11/h3-4,9,12H,2,5-8,10H2,1H3,(H,16,19)/t12-,15+/m1/s1. The molecule has 1 aromatic rings. The van der Waals surface area contributed by atoms with Crippen LogP contribution in [0.3, 0.4) is 0 Å². The van der Waals surface area contributed by atoms with Gasteiger partial charge >= 0.3 is 0 Å². The molecule has 1 aliphatic carbocycles. The molecule has 0 aromatic carbocycles. The highest BCUT2D eigenvalue weighted by molar-refractivity contribution is 5.91. The zero-order valence-electron chi connectivity index (χ0n) is 11.7. The molecule has 0 bridgehead atoms. The van der Waals surface area contributed by atoms with E-state index in [0.717, 1.165) is 25.7 Å². The van der Waals surface area contributed by atoms with Gasteiger partial charge in [0.05, 0.1) is 6.26 Å². The fourth-order valence-corrected chi connectivity index (χ4v) is 3.77. The Labute approximate surface area is 118 Å². The van der Waals surface area contributed by atoms with E-state index in [0.29, 0.717) is 18.7 Å². The Morgan fingerprint density at radius 3 is 3.15 bits per heavy atom. The summed E-state index contributed by atoms with van der Waals surface area (Å²) < 4.78 is 5.11. The molecular weight excluding hydrogens is 256 g/mol. The number of amides is 2. The van der Waals surface area contributed by atoms with E-state index in [1.807, 2.05) is 11.9 Å². The van der Waals surface area contributed by atoms with Crippen LogP contribution in [-0.2, 0) is 4.79 Å². The molecule has 1 saturated heterocycles. The van der Waals surface area contributed by atoms with Crippen molar-refractivity contribution in [2.24, 2.45) is 5.41 Å². The number of rotatable bonds is 3. The minimum absolute atomic E-state index is 0.0465. The molecule has 2 heterocycles. The first-order valence-electron chi connectivity index (χ1n) is 7.20. The van der Waals surface area contributed by atoms with Gasteiger partial charge in [0.2, 0.25) is 5.91 Å². The second-order valence-corrected chi connectivity index (χ2v) is 5.94. The number of fused-ring (bicyclic) bond motifs is 1. The second-order valence-electron chi connectivity index (χ2n) is 5.94. The highest BCUT2D eigenvalue weighted by Crippen LogP contribution is 2.47. The van der Waals surface area contributed by atoms with Crippen molar-refractivity contribution in [3.8, 4) is 0 Å². The Balaban J connectivity index is 1.69. The van der Waals surface area contributed by atoms with E-state index in [-0.39, 0.29) is 23.3 Å². The molecule has 2 atom stereocenters. The van der Waals surface area contributed by atoms with Crippen LogP contribution in [0.2, 0.25) is 0 Å². The van der Waals surface area contributed by atoms with Crippen molar-refractivity contribution < 1.29 is 14.0 Å². The molecule has 1 N–H and O–H groups in total. The predicted octanol–water partition coefficient (Wildman–Crippen LogP) is 1.80. The van der Waals surface area contributed by atoms with Crippen molar-refractivity contribution in [2.45, 2.75) is 38.1 Å². The Kier molecular flexibility index (Phi) is 3.28. The van der Waals surface area contributed by atoms with Gasteiger partial charge in [-0.1, -0.05) is 6.42 Å². The lowest BCUT2D eigenvalue weighted by molar-refractivity contribution is -0.139. The first kappa shape index (κ1) is 13.2. The third-order valence-corrected chi connectivity index (χ3v) is 4.90. The molecule has 1 aliphatic heterocycles. The number of nitrogens with zero attached hydrogens (tertiary/aromatic N) is 1. The van der Waals surface area contributed by atoms with Crippen molar-refractivity contribution in [2.75, 3.05) is 13.6 Å². The molecule has 5 heteroatoms. The molecule has 2 aliphatic rings. The van der Waals surface area contributed by atoms with Crippen LogP contribution < -0.4 is 5.32 Å². The quantitative estimate of drug-likeness (QED) is 0.915. The number of carbonyl (C=O) groups excluding carboxylic acids is 2. The van der Waals surface area contributed by atoms with E-state index in [2.05, 4.69) is 5.32 Å². The summed E-state index contributed by atoms with van der Waals surface area (Å²) in [6.45, 7) is 0.620.